The van der Waals surface area contributed by atoms with Crippen molar-refractivity contribution < 1.29 is 13.2 Å². The smallest absolute Gasteiger partial charge is 0.275 e. The fourth-order valence-electron chi connectivity index (χ4n) is 3.86. The van der Waals surface area contributed by atoms with Crippen molar-refractivity contribution in [2.45, 2.75) is 13.1 Å². The van der Waals surface area contributed by atoms with Crippen molar-refractivity contribution in [2.75, 3.05) is 0 Å². The summed E-state index contributed by atoms with van der Waals surface area (Å²) in [7, 11) is 3.32. The largest absolute Gasteiger partial charge is 0.347 e. The number of hydrogen-bond donors (Lipinski definition) is 1. The van der Waals surface area contributed by atoms with Crippen LogP contribution in [0.5, 0.6) is 0 Å². The number of aromatic nitrogens is 8. The van der Waals surface area contributed by atoms with Crippen LogP contribution in [0.2, 0.25) is 5.02 Å². The Morgan fingerprint density at radius 3 is 2.64 bits per heavy atom. The maximum absolute atomic E-state index is 14.9. The van der Waals surface area contributed by atoms with E-state index in [1.54, 1.807) is 20.3 Å². The third-order valence-corrected chi connectivity index (χ3v) is 5.84. The van der Waals surface area contributed by atoms with E-state index in [0.717, 1.165) is 9.25 Å². The number of rotatable bonds is 5. The van der Waals surface area contributed by atoms with E-state index in [-0.39, 0.29) is 23.1 Å². The molecule has 1 aliphatic rings. The highest BCUT2D eigenvalue weighted by molar-refractivity contribution is 6.34. The number of nitrogens with zero attached hydrogens (tertiary/aromatic N) is 8. The number of H-pyrrole nitrogens is 1. The molecule has 4 aromatic rings. The summed E-state index contributed by atoms with van der Waals surface area (Å²) in [6, 6.07) is 2.99. The van der Waals surface area contributed by atoms with Crippen molar-refractivity contribution >= 4 is 33.9 Å². The van der Waals surface area contributed by atoms with E-state index in [4.69, 9.17) is 11.6 Å². The molecular formula is C21H17ClF3N9O2. The molecule has 1 atom stereocenters. The summed E-state index contributed by atoms with van der Waals surface area (Å²) in [4.78, 5) is 33.3. The lowest BCUT2D eigenvalue weighted by Crippen LogP contribution is -2.33. The first kappa shape index (κ1) is 23.5. The lowest BCUT2D eigenvalue weighted by Gasteiger charge is -2.20. The molecule has 0 bridgehead atoms. The predicted octanol–water partition coefficient (Wildman–Crippen LogP) is 2.46. The van der Waals surface area contributed by atoms with Gasteiger partial charge in [-0.3, -0.25) is 9.36 Å². The molecule has 0 saturated carbocycles. The average molecular weight is 520 g/mol. The summed E-state index contributed by atoms with van der Waals surface area (Å²) in [5, 5.41) is 11.2. The third-order valence-electron chi connectivity index (χ3n) is 5.54. The van der Waals surface area contributed by atoms with Gasteiger partial charge in [0.05, 0.1) is 40.9 Å². The fraction of sp³-hybridized carbons (Fsp3) is 0.238. The van der Waals surface area contributed by atoms with E-state index < -0.39 is 47.0 Å². The second-order valence-corrected chi connectivity index (χ2v) is 8.54. The summed E-state index contributed by atoms with van der Waals surface area (Å²) >= 11 is 6.27. The first-order valence-corrected chi connectivity index (χ1v) is 10.9. The van der Waals surface area contributed by atoms with Crippen LogP contribution in [0, 0.1) is 5.92 Å². The molecule has 5 rings (SSSR count). The molecule has 3 heterocycles. The van der Waals surface area contributed by atoms with Crippen LogP contribution in [-0.2, 0) is 27.2 Å². The molecule has 0 radical (unpaired) electrons. The number of aromatic amines is 1. The number of allylic oxidation sites excluding steroid dienone is 4. The summed E-state index contributed by atoms with van der Waals surface area (Å²) in [6.07, 6.45) is 3.45. The molecule has 186 valence electrons. The Labute approximate surface area is 204 Å². The molecule has 3 aromatic heterocycles. The van der Waals surface area contributed by atoms with Crippen LogP contribution < -0.4 is 11.4 Å². The number of hydrogen-bond acceptors (Lipinski definition) is 6. The molecule has 1 aliphatic carbocycles. The monoisotopic (exact) mass is 519 g/mol. The van der Waals surface area contributed by atoms with Crippen LogP contribution in [0.4, 0.5) is 18.9 Å². The minimum absolute atomic E-state index is 0.0504. The average Bonchev–Trinajstić information content (AvgIpc) is 3.47. The lowest BCUT2D eigenvalue weighted by atomic mass is 9.95. The van der Waals surface area contributed by atoms with E-state index in [2.05, 4.69) is 25.3 Å². The molecule has 0 fully saturated rings. The molecule has 0 amide bonds. The number of aliphatic imine (C=N–C) groups is 1. The molecule has 0 aliphatic heterocycles. The van der Waals surface area contributed by atoms with Gasteiger partial charge in [-0.15, -0.1) is 0 Å². The normalized spacial score (nSPS) is 17.4. The van der Waals surface area contributed by atoms with Crippen molar-refractivity contribution in [3.8, 4) is 0 Å². The number of halogens is 4. The van der Waals surface area contributed by atoms with E-state index in [1.807, 2.05) is 0 Å². The van der Waals surface area contributed by atoms with Gasteiger partial charge in [-0.1, -0.05) is 11.6 Å². The van der Waals surface area contributed by atoms with Gasteiger partial charge in [-0.05, 0) is 12.1 Å². The van der Waals surface area contributed by atoms with Crippen LogP contribution >= 0.6 is 11.6 Å². The number of benzene rings is 1. The quantitative estimate of drug-likeness (QED) is 0.434. The van der Waals surface area contributed by atoms with Crippen LogP contribution in [-0.4, -0.2) is 44.6 Å². The van der Waals surface area contributed by atoms with E-state index in [1.165, 1.54) is 27.8 Å². The summed E-state index contributed by atoms with van der Waals surface area (Å²) < 4.78 is 48.5. The zero-order valence-corrected chi connectivity index (χ0v) is 19.5. The van der Waals surface area contributed by atoms with Gasteiger partial charge in [0.25, 0.3) is 0 Å². The van der Waals surface area contributed by atoms with Gasteiger partial charge in [0.15, 0.2) is 17.5 Å². The zero-order chi connectivity index (χ0) is 25.7. The van der Waals surface area contributed by atoms with Crippen molar-refractivity contribution in [2.24, 2.45) is 25.0 Å². The Bertz CT molecular complexity index is 1720. The Balaban J connectivity index is 1.54. The standard InChI is InChI=1S/C21H17ClF3N9O2/c1-31-6-10-3-16(12(22)4-15(10)28-31)27-19-11(13(23)5-14(24)18(19)25)7-34-21(36)33(20(35)30-34)8-17-26-9-32(2)29-17/h3-6,9,11H,7-8H2,1-2H3,(H,30,35)/b27-19+. The number of aryl methyl sites for hydroxylation is 2. The van der Waals surface area contributed by atoms with Gasteiger partial charge in [-0.25, -0.2) is 47.1 Å². The lowest BCUT2D eigenvalue weighted by molar-refractivity contribution is 0.438. The van der Waals surface area contributed by atoms with Gasteiger partial charge < -0.3 is 0 Å². The number of nitrogens with one attached hydrogen (secondary N) is 1. The predicted molar refractivity (Wildman–Crippen MR) is 124 cm³/mol. The Morgan fingerprint density at radius 2 is 1.92 bits per heavy atom. The summed E-state index contributed by atoms with van der Waals surface area (Å²) in [5.74, 6) is -5.28. The molecule has 1 aromatic carbocycles. The molecule has 1 unspecified atom stereocenters. The first-order valence-electron chi connectivity index (χ1n) is 10.5. The minimum Gasteiger partial charge on any atom is -0.275 e. The van der Waals surface area contributed by atoms with Crippen molar-refractivity contribution in [1.29, 1.82) is 0 Å². The van der Waals surface area contributed by atoms with E-state index >= 15 is 0 Å². The van der Waals surface area contributed by atoms with Crippen LogP contribution in [0.15, 0.2) is 62.8 Å². The molecule has 11 nitrogen and oxygen atoms in total. The van der Waals surface area contributed by atoms with Gasteiger partial charge in [0.2, 0.25) is 0 Å². The topological polar surface area (TPSA) is 121 Å². The minimum atomic E-state index is -1.53. The third kappa shape index (κ3) is 4.19. The highest BCUT2D eigenvalue weighted by Gasteiger charge is 2.33. The number of fused-ring (bicyclic) bond motifs is 1. The van der Waals surface area contributed by atoms with Gasteiger partial charge in [-0.2, -0.15) is 10.2 Å². The second-order valence-electron chi connectivity index (χ2n) is 8.14. The van der Waals surface area contributed by atoms with Crippen molar-refractivity contribution in [3.05, 3.63) is 80.0 Å². The zero-order valence-electron chi connectivity index (χ0n) is 18.8. The molecule has 0 spiro atoms. The van der Waals surface area contributed by atoms with Crippen LogP contribution in [0.3, 0.4) is 0 Å². The molecule has 36 heavy (non-hydrogen) atoms. The van der Waals surface area contributed by atoms with Gasteiger partial charge in [0.1, 0.15) is 12.2 Å². The molecule has 0 saturated heterocycles. The molecule has 15 heteroatoms. The molecule has 1 N–H and O–H groups in total. The van der Waals surface area contributed by atoms with Crippen molar-refractivity contribution in [3.63, 3.8) is 0 Å². The van der Waals surface area contributed by atoms with Crippen molar-refractivity contribution in [1.82, 2.24) is 38.9 Å². The van der Waals surface area contributed by atoms with E-state index in [0.29, 0.717) is 17.0 Å². The van der Waals surface area contributed by atoms with Gasteiger partial charge in [0, 0.05) is 31.8 Å². The Morgan fingerprint density at radius 1 is 1.14 bits per heavy atom. The molecular weight excluding hydrogens is 503 g/mol. The maximum atomic E-state index is 14.9. The maximum Gasteiger partial charge on any atom is 0.347 e. The highest BCUT2D eigenvalue weighted by Crippen LogP contribution is 2.36. The van der Waals surface area contributed by atoms with Gasteiger partial charge >= 0.3 is 11.4 Å². The highest BCUT2D eigenvalue weighted by atomic mass is 35.5. The van der Waals surface area contributed by atoms with E-state index in [9.17, 15) is 22.8 Å². The SMILES string of the molecule is Cn1cnc(Cn2c(=O)[nH]n(CC3C(F)=CC(F)=C(F)/C3=N/c3cc4cn(C)nc4cc3Cl)c2=O)n1. The Kier molecular flexibility index (Phi) is 5.74. The summed E-state index contributed by atoms with van der Waals surface area (Å²) in [6.45, 7) is -0.805. The fourth-order valence-corrected chi connectivity index (χ4v) is 4.06. The first-order chi connectivity index (χ1) is 17.1. The van der Waals surface area contributed by atoms with Crippen LogP contribution in [0.25, 0.3) is 10.9 Å². The second kappa shape index (κ2) is 8.78. The van der Waals surface area contributed by atoms with Crippen LogP contribution in [0.1, 0.15) is 5.82 Å². The summed E-state index contributed by atoms with van der Waals surface area (Å²) in [5.41, 5.74) is -1.67. The Hall–Kier alpha value is -4.20.